The fourth-order valence-electron chi connectivity index (χ4n) is 2.01. The van der Waals surface area contributed by atoms with Gasteiger partial charge in [0.15, 0.2) is 0 Å². The number of ether oxygens (including phenoxy) is 1. The summed E-state index contributed by atoms with van der Waals surface area (Å²) < 4.78 is 29.7. The van der Waals surface area contributed by atoms with E-state index in [1.807, 2.05) is 6.92 Å². The summed E-state index contributed by atoms with van der Waals surface area (Å²) in [6.45, 7) is 2.75. The van der Waals surface area contributed by atoms with Crippen LogP contribution in [0.4, 0.5) is 5.69 Å². The molecular formula is C15H23ClN2O4S. The van der Waals surface area contributed by atoms with Crippen LogP contribution in [0.2, 0.25) is 5.02 Å². The van der Waals surface area contributed by atoms with Gasteiger partial charge in [-0.2, -0.15) is 0 Å². The van der Waals surface area contributed by atoms with Gasteiger partial charge in [0.25, 0.3) is 0 Å². The Morgan fingerprint density at radius 3 is 2.65 bits per heavy atom. The lowest BCUT2D eigenvalue weighted by atomic mass is 10.2. The Morgan fingerprint density at radius 2 is 2.04 bits per heavy atom. The zero-order valence-corrected chi connectivity index (χ0v) is 15.2. The van der Waals surface area contributed by atoms with Gasteiger partial charge < -0.3 is 10.1 Å². The normalized spacial score (nSPS) is 11.7. The molecule has 1 amide bonds. The van der Waals surface area contributed by atoms with Crippen LogP contribution in [0.3, 0.4) is 0 Å². The second-order valence-corrected chi connectivity index (χ2v) is 7.61. The average Bonchev–Trinajstić information content (AvgIpc) is 2.46. The zero-order chi connectivity index (χ0) is 17.5. The van der Waals surface area contributed by atoms with Gasteiger partial charge in [0.05, 0.1) is 6.26 Å². The van der Waals surface area contributed by atoms with Crippen molar-refractivity contribution in [1.82, 2.24) is 4.31 Å². The monoisotopic (exact) mass is 362 g/mol. The van der Waals surface area contributed by atoms with Crippen molar-refractivity contribution in [3.05, 3.63) is 28.8 Å². The largest absolute Gasteiger partial charge is 0.385 e. The molecule has 1 rings (SSSR count). The minimum Gasteiger partial charge on any atom is -0.385 e. The molecule has 0 unspecified atom stereocenters. The van der Waals surface area contributed by atoms with Crippen molar-refractivity contribution in [1.29, 1.82) is 0 Å². The smallest absolute Gasteiger partial charge is 0.225 e. The van der Waals surface area contributed by atoms with Crippen molar-refractivity contribution >= 4 is 33.2 Å². The van der Waals surface area contributed by atoms with E-state index in [1.54, 1.807) is 25.3 Å². The molecule has 0 aliphatic carbocycles. The van der Waals surface area contributed by atoms with E-state index < -0.39 is 10.0 Å². The van der Waals surface area contributed by atoms with Crippen molar-refractivity contribution in [2.45, 2.75) is 19.8 Å². The lowest BCUT2D eigenvalue weighted by molar-refractivity contribution is -0.116. The number of nitrogens with zero attached hydrogens (tertiary/aromatic N) is 1. The Morgan fingerprint density at radius 1 is 1.35 bits per heavy atom. The molecule has 0 aliphatic rings. The predicted molar refractivity (Wildman–Crippen MR) is 92.3 cm³/mol. The number of halogens is 1. The third-order valence-corrected chi connectivity index (χ3v) is 5.07. The summed E-state index contributed by atoms with van der Waals surface area (Å²) in [6.07, 6.45) is 1.80. The molecule has 1 N–H and O–H groups in total. The van der Waals surface area contributed by atoms with E-state index in [1.165, 1.54) is 4.31 Å². The van der Waals surface area contributed by atoms with Crippen molar-refractivity contribution in [2.24, 2.45) is 0 Å². The number of sulfonamides is 1. The molecule has 0 bridgehead atoms. The molecule has 0 fully saturated rings. The SMILES string of the molecule is COCCCN(CCC(=O)Nc1cccc(Cl)c1C)S(C)(=O)=O. The van der Waals surface area contributed by atoms with Gasteiger partial charge in [-0.25, -0.2) is 12.7 Å². The number of anilines is 1. The van der Waals surface area contributed by atoms with Crippen LogP contribution in [0.1, 0.15) is 18.4 Å². The third-order valence-electron chi connectivity index (χ3n) is 3.36. The molecular weight excluding hydrogens is 340 g/mol. The number of rotatable bonds is 9. The number of nitrogens with one attached hydrogen (secondary N) is 1. The van der Waals surface area contributed by atoms with Crippen LogP contribution < -0.4 is 5.32 Å². The van der Waals surface area contributed by atoms with Gasteiger partial charge in [0, 0.05) is 43.9 Å². The first-order chi connectivity index (χ1) is 10.8. The van der Waals surface area contributed by atoms with Crippen molar-refractivity contribution in [2.75, 3.05) is 38.4 Å². The Kier molecular flexibility index (Phi) is 7.98. The van der Waals surface area contributed by atoms with Crippen LogP contribution >= 0.6 is 11.6 Å². The number of hydrogen-bond donors (Lipinski definition) is 1. The Bertz CT molecular complexity index is 634. The fraction of sp³-hybridized carbons (Fsp3) is 0.533. The van der Waals surface area contributed by atoms with E-state index in [-0.39, 0.29) is 18.9 Å². The van der Waals surface area contributed by atoms with Gasteiger partial charge in [0.2, 0.25) is 15.9 Å². The van der Waals surface area contributed by atoms with Crippen LogP contribution in [-0.2, 0) is 19.6 Å². The highest BCUT2D eigenvalue weighted by Gasteiger charge is 2.17. The van der Waals surface area contributed by atoms with Gasteiger partial charge in [-0.1, -0.05) is 17.7 Å². The number of amides is 1. The van der Waals surface area contributed by atoms with Crippen LogP contribution in [0, 0.1) is 6.92 Å². The highest BCUT2D eigenvalue weighted by Crippen LogP contribution is 2.23. The number of carbonyl (C=O) groups excluding carboxylic acids is 1. The first-order valence-electron chi connectivity index (χ1n) is 7.24. The van der Waals surface area contributed by atoms with E-state index in [4.69, 9.17) is 16.3 Å². The molecule has 0 aromatic heterocycles. The zero-order valence-electron chi connectivity index (χ0n) is 13.6. The summed E-state index contributed by atoms with van der Waals surface area (Å²) in [7, 11) is -1.79. The minimum absolute atomic E-state index is 0.0754. The Hall–Kier alpha value is -1.15. The van der Waals surface area contributed by atoms with Gasteiger partial charge in [-0.3, -0.25) is 4.79 Å². The maximum atomic E-state index is 12.0. The molecule has 23 heavy (non-hydrogen) atoms. The molecule has 6 nitrogen and oxygen atoms in total. The second-order valence-electron chi connectivity index (χ2n) is 5.22. The standard InChI is InChI=1S/C15H23ClN2O4S/c1-12-13(16)6-4-7-14(12)17-15(19)8-10-18(23(3,20)21)9-5-11-22-2/h4,6-7H,5,8-11H2,1-3H3,(H,17,19). The van der Waals surface area contributed by atoms with E-state index in [9.17, 15) is 13.2 Å². The lowest BCUT2D eigenvalue weighted by Gasteiger charge is -2.19. The third kappa shape index (κ3) is 6.87. The fourth-order valence-corrected chi connectivity index (χ4v) is 3.07. The van der Waals surface area contributed by atoms with Crippen LogP contribution in [-0.4, -0.2) is 51.7 Å². The van der Waals surface area contributed by atoms with Crippen LogP contribution in [0.25, 0.3) is 0 Å². The predicted octanol–water partition coefficient (Wildman–Crippen LogP) is 2.28. The van der Waals surface area contributed by atoms with E-state index in [2.05, 4.69) is 5.32 Å². The molecule has 0 atom stereocenters. The summed E-state index contributed by atoms with van der Waals surface area (Å²) in [5.41, 5.74) is 1.41. The molecule has 0 radical (unpaired) electrons. The van der Waals surface area contributed by atoms with Crippen molar-refractivity contribution < 1.29 is 17.9 Å². The quantitative estimate of drug-likeness (QED) is 0.684. The number of methoxy groups -OCH3 is 1. The van der Waals surface area contributed by atoms with Crippen molar-refractivity contribution in [3.8, 4) is 0 Å². The Balaban J connectivity index is 2.59. The number of benzene rings is 1. The van der Waals surface area contributed by atoms with E-state index >= 15 is 0 Å². The second kappa shape index (κ2) is 9.22. The molecule has 0 spiro atoms. The van der Waals surface area contributed by atoms with Gasteiger partial charge >= 0.3 is 0 Å². The van der Waals surface area contributed by atoms with Crippen LogP contribution in [0.5, 0.6) is 0 Å². The highest BCUT2D eigenvalue weighted by atomic mass is 35.5. The van der Waals surface area contributed by atoms with Crippen LogP contribution in [0.15, 0.2) is 18.2 Å². The summed E-state index contributed by atoms with van der Waals surface area (Å²) in [6, 6.07) is 5.25. The summed E-state index contributed by atoms with van der Waals surface area (Å²) in [5.74, 6) is -0.254. The molecule has 130 valence electrons. The molecule has 0 saturated carbocycles. The maximum absolute atomic E-state index is 12.0. The number of hydrogen-bond acceptors (Lipinski definition) is 4. The molecule has 0 aliphatic heterocycles. The number of carbonyl (C=O) groups is 1. The minimum atomic E-state index is -3.35. The molecule has 1 aromatic carbocycles. The van der Waals surface area contributed by atoms with Gasteiger partial charge in [0.1, 0.15) is 0 Å². The highest BCUT2D eigenvalue weighted by molar-refractivity contribution is 7.88. The molecule has 8 heteroatoms. The van der Waals surface area contributed by atoms with Gasteiger partial charge in [-0.05, 0) is 31.0 Å². The molecule has 0 saturated heterocycles. The first-order valence-corrected chi connectivity index (χ1v) is 9.47. The molecule has 1 aromatic rings. The topological polar surface area (TPSA) is 75.7 Å². The molecule has 0 heterocycles. The van der Waals surface area contributed by atoms with E-state index in [0.29, 0.717) is 30.3 Å². The van der Waals surface area contributed by atoms with E-state index in [0.717, 1.165) is 11.8 Å². The summed E-state index contributed by atoms with van der Waals surface area (Å²) in [5, 5.41) is 3.33. The first kappa shape index (κ1) is 19.9. The maximum Gasteiger partial charge on any atom is 0.225 e. The summed E-state index contributed by atoms with van der Waals surface area (Å²) >= 11 is 6.00. The van der Waals surface area contributed by atoms with Gasteiger partial charge in [-0.15, -0.1) is 0 Å². The van der Waals surface area contributed by atoms with Crippen molar-refractivity contribution in [3.63, 3.8) is 0 Å². The Labute approximate surface area is 142 Å². The summed E-state index contributed by atoms with van der Waals surface area (Å²) in [4.78, 5) is 12.0. The lowest BCUT2D eigenvalue weighted by Crippen LogP contribution is -2.34. The average molecular weight is 363 g/mol.